The van der Waals surface area contributed by atoms with Crippen LogP contribution in [0.2, 0.25) is 0 Å². The number of methoxy groups -OCH3 is 1. The van der Waals surface area contributed by atoms with Gasteiger partial charge in [-0.2, -0.15) is 0 Å². The number of urea groups is 1. The summed E-state index contributed by atoms with van der Waals surface area (Å²) >= 11 is 0. The van der Waals surface area contributed by atoms with Crippen LogP contribution in [0, 0.1) is 11.7 Å². The molecule has 3 N–H and O–H groups in total. The first kappa shape index (κ1) is 17.5. The van der Waals surface area contributed by atoms with E-state index in [0.29, 0.717) is 18.9 Å². The van der Waals surface area contributed by atoms with Gasteiger partial charge in [0, 0.05) is 19.2 Å². The van der Waals surface area contributed by atoms with Crippen molar-refractivity contribution in [1.82, 2.24) is 10.6 Å². The summed E-state index contributed by atoms with van der Waals surface area (Å²) in [7, 11) is 1.43. The molecule has 0 saturated heterocycles. The second-order valence-electron chi connectivity index (χ2n) is 6.02. The van der Waals surface area contributed by atoms with Gasteiger partial charge in [0.05, 0.1) is 7.11 Å². The van der Waals surface area contributed by atoms with Gasteiger partial charge in [-0.05, 0) is 55.7 Å². The lowest BCUT2D eigenvalue weighted by Gasteiger charge is -2.27. The molecule has 2 amide bonds. The van der Waals surface area contributed by atoms with Crippen LogP contribution < -0.4 is 15.4 Å². The zero-order valence-electron chi connectivity index (χ0n) is 13.5. The molecule has 1 aromatic carbocycles. The molecule has 1 saturated carbocycles. The van der Waals surface area contributed by atoms with Crippen LogP contribution >= 0.6 is 0 Å². The van der Waals surface area contributed by atoms with Crippen LogP contribution in [0.5, 0.6) is 5.75 Å². The van der Waals surface area contributed by atoms with Crippen LogP contribution in [0.1, 0.15) is 31.2 Å². The van der Waals surface area contributed by atoms with E-state index in [0.717, 1.165) is 31.2 Å². The zero-order chi connectivity index (χ0) is 16.7. The molecular weight excluding hydrogens is 299 g/mol. The van der Waals surface area contributed by atoms with E-state index >= 15 is 0 Å². The highest BCUT2D eigenvalue weighted by atomic mass is 19.1. The minimum absolute atomic E-state index is 0.175. The van der Waals surface area contributed by atoms with Gasteiger partial charge in [-0.25, -0.2) is 9.18 Å². The first-order chi connectivity index (χ1) is 11.1. The molecule has 1 aliphatic rings. The number of halogens is 1. The standard InChI is InChI=1S/C17H25FN2O3/c1-23-16-10-12(4-7-15(16)18)8-9-19-17(22)20-14-5-2-13(11-21)3-6-14/h4,7,10,13-14,21H,2-3,5-6,8-9,11H2,1H3,(H2,19,20,22). The first-order valence-electron chi connectivity index (χ1n) is 8.10. The number of nitrogens with one attached hydrogen (secondary N) is 2. The number of ether oxygens (including phenoxy) is 1. The van der Waals surface area contributed by atoms with Crippen molar-refractivity contribution in [2.45, 2.75) is 38.1 Å². The molecule has 23 heavy (non-hydrogen) atoms. The number of aliphatic hydroxyl groups excluding tert-OH is 1. The van der Waals surface area contributed by atoms with Gasteiger partial charge < -0.3 is 20.5 Å². The van der Waals surface area contributed by atoms with Gasteiger partial charge in [0.25, 0.3) is 0 Å². The molecule has 0 spiro atoms. The Morgan fingerprint density at radius 2 is 2.09 bits per heavy atom. The lowest BCUT2D eigenvalue weighted by Crippen LogP contribution is -2.44. The molecule has 1 fully saturated rings. The normalized spacial score (nSPS) is 20.8. The second kappa shape index (κ2) is 8.72. The number of aliphatic hydroxyl groups is 1. The van der Waals surface area contributed by atoms with Crippen molar-refractivity contribution < 1.29 is 19.0 Å². The van der Waals surface area contributed by atoms with Crippen molar-refractivity contribution in [1.29, 1.82) is 0 Å². The predicted octanol–water partition coefficient (Wildman–Crippen LogP) is 2.23. The average Bonchev–Trinajstić information content (AvgIpc) is 2.57. The molecule has 1 aromatic rings. The number of carbonyl (C=O) groups is 1. The van der Waals surface area contributed by atoms with Crippen molar-refractivity contribution >= 4 is 6.03 Å². The number of benzene rings is 1. The molecule has 0 aromatic heterocycles. The molecule has 6 heteroatoms. The van der Waals surface area contributed by atoms with Crippen LogP contribution in [0.15, 0.2) is 18.2 Å². The second-order valence-corrected chi connectivity index (χ2v) is 6.02. The Kier molecular flexibility index (Phi) is 6.65. The topological polar surface area (TPSA) is 70.6 Å². The summed E-state index contributed by atoms with van der Waals surface area (Å²) in [5.41, 5.74) is 0.909. The molecule has 0 radical (unpaired) electrons. The van der Waals surface area contributed by atoms with E-state index in [-0.39, 0.29) is 30.2 Å². The lowest BCUT2D eigenvalue weighted by atomic mass is 9.87. The van der Waals surface area contributed by atoms with Crippen LogP contribution in [-0.4, -0.2) is 37.4 Å². The van der Waals surface area contributed by atoms with E-state index in [4.69, 9.17) is 9.84 Å². The molecule has 0 unspecified atom stereocenters. The fourth-order valence-electron chi connectivity index (χ4n) is 2.91. The van der Waals surface area contributed by atoms with Crippen LogP contribution in [-0.2, 0) is 6.42 Å². The molecule has 0 heterocycles. The average molecular weight is 324 g/mol. The Labute approximate surface area is 136 Å². The number of hydrogen-bond acceptors (Lipinski definition) is 3. The van der Waals surface area contributed by atoms with Crippen molar-refractivity contribution in [3.05, 3.63) is 29.6 Å². The van der Waals surface area contributed by atoms with E-state index < -0.39 is 0 Å². The molecule has 0 bridgehead atoms. The van der Waals surface area contributed by atoms with Gasteiger partial charge in [-0.3, -0.25) is 0 Å². The number of carbonyl (C=O) groups excluding carboxylic acids is 1. The molecule has 2 rings (SSSR count). The third-order valence-corrected chi connectivity index (χ3v) is 4.35. The quantitative estimate of drug-likeness (QED) is 0.751. The fraction of sp³-hybridized carbons (Fsp3) is 0.588. The largest absolute Gasteiger partial charge is 0.494 e. The van der Waals surface area contributed by atoms with Crippen molar-refractivity contribution in [2.75, 3.05) is 20.3 Å². The third kappa shape index (κ3) is 5.39. The third-order valence-electron chi connectivity index (χ3n) is 4.35. The van der Waals surface area contributed by atoms with Gasteiger partial charge in [0.15, 0.2) is 11.6 Å². The zero-order valence-corrected chi connectivity index (χ0v) is 13.5. The summed E-state index contributed by atoms with van der Waals surface area (Å²) in [5, 5.41) is 14.9. The molecule has 0 atom stereocenters. The van der Waals surface area contributed by atoms with E-state index in [2.05, 4.69) is 10.6 Å². The smallest absolute Gasteiger partial charge is 0.315 e. The molecular formula is C17H25FN2O3. The Morgan fingerprint density at radius 3 is 2.74 bits per heavy atom. The van der Waals surface area contributed by atoms with E-state index in [9.17, 15) is 9.18 Å². The van der Waals surface area contributed by atoms with Gasteiger partial charge in [0.2, 0.25) is 0 Å². The highest BCUT2D eigenvalue weighted by molar-refractivity contribution is 5.74. The van der Waals surface area contributed by atoms with E-state index in [1.165, 1.54) is 13.2 Å². The highest BCUT2D eigenvalue weighted by Crippen LogP contribution is 2.23. The number of amides is 2. The molecule has 0 aliphatic heterocycles. The number of hydrogen-bond donors (Lipinski definition) is 3. The Morgan fingerprint density at radius 1 is 1.35 bits per heavy atom. The summed E-state index contributed by atoms with van der Waals surface area (Å²) < 4.78 is 18.3. The maximum Gasteiger partial charge on any atom is 0.315 e. The van der Waals surface area contributed by atoms with Gasteiger partial charge >= 0.3 is 6.03 Å². The van der Waals surface area contributed by atoms with Crippen LogP contribution in [0.3, 0.4) is 0 Å². The SMILES string of the molecule is COc1cc(CCNC(=O)NC2CCC(CO)CC2)ccc1F. The maximum absolute atomic E-state index is 13.3. The molecule has 5 nitrogen and oxygen atoms in total. The summed E-state index contributed by atoms with van der Waals surface area (Å²) in [5.74, 6) is 0.206. The monoisotopic (exact) mass is 324 g/mol. The van der Waals surface area contributed by atoms with Crippen molar-refractivity contribution in [3.63, 3.8) is 0 Å². The van der Waals surface area contributed by atoms with E-state index in [1.807, 2.05) is 0 Å². The summed E-state index contributed by atoms with van der Waals surface area (Å²) in [6.07, 6.45) is 4.34. The molecule has 1 aliphatic carbocycles. The van der Waals surface area contributed by atoms with Gasteiger partial charge in [-0.1, -0.05) is 6.07 Å². The number of rotatable bonds is 6. The Balaban J connectivity index is 1.69. The predicted molar refractivity (Wildman–Crippen MR) is 86.0 cm³/mol. The summed E-state index contributed by atoms with van der Waals surface area (Å²) in [6, 6.07) is 4.71. The highest BCUT2D eigenvalue weighted by Gasteiger charge is 2.21. The minimum atomic E-state index is -0.388. The minimum Gasteiger partial charge on any atom is -0.494 e. The van der Waals surface area contributed by atoms with Crippen molar-refractivity contribution in [3.8, 4) is 5.75 Å². The first-order valence-corrected chi connectivity index (χ1v) is 8.10. The Bertz CT molecular complexity index is 517. The van der Waals surface area contributed by atoms with Crippen LogP contribution in [0.4, 0.5) is 9.18 Å². The lowest BCUT2D eigenvalue weighted by molar-refractivity contribution is 0.174. The summed E-state index contributed by atoms with van der Waals surface area (Å²) in [6.45, 7) is 0.715. The van der Waals surface area contributed by atoms with Gasteiger partial charge in [-0.15, -0.1) is 0 Å². The van der Waals surface area contributed by atoms with Gasteiger partial charge in [0.1, 0.15) is 0 Å². The van der Waals surface area contributed by atoms with Crippen LogP contribution in [0.25, 0.3) is 0 Å². The molecule has 128 valence electrons. The van der Waals surface area contributed by atoms with E-state index in [1.54, 1.807) is 12.1 Å². The Hall–Kier alpha value is -1.82. The van der Waals surface area contributed by atoms with Crippen molar-refractivity contribution in [2.24, 2.45) is 5.92 Å². The summed E-state index contributed by atoms with van der Waals surface area (Å²) in [4.78, 5) is 11.9. The maximum atomic E-state index is 13.3. The fourth-order valence-corrected chi connectivity index (χ4v) is 2.91.